The van der Waals surface area contributed by atoms with Crippen LogP contribution in [0.4, 0.5) is 0 Å². The fraction of sp³-hybridized carbons (Fsp3) is 0.455. The minimum atomic E-state index is 0.182. The molecule has 0 aromatic heterocycles. The van der Waals surface area contributed by atoms with Crippen LogP contribution in [0.25, 0.3) is 0 Å². The van der Waals surface area contributed by atoms with Crippen LogP contribution < -0.4 is 4.74 Å². The molecule has 0 unspecified atom stereocenters. The zero-order chi connectivity index (χ0) is 15.9. The largest absolute Gasteiger partial charge is 0.456 e. The van der Waals surface area contributed by atoms with Crippen LogP contribution in [0.15, 0.2) is 46.9 Å². The topological polar surface area (TPSA) is 9.23 Å². The molecular formula is C22H21BrO. The second-order valence-corrected chi connectivity index (χ2v) is 9.24. The number of fused-ring (bicyclic) bond motifs is 2. The van der Waals surface area contributed by atoms with E-state index in [1.807, 2.05) is 0 Å². The highest BCUT2D eigenvalue weighted by Gasteiger charge is 2.61. The van der Waals surface area contributed by atoms with Crippen molar-refractivity contribution in [3.63, 3.8) is 0 Å². The molecule has 1 aliphatic heterocycles. The monoisotopic (exact) mass is 380 g/mol. The van der Waals surface area contributed by atoms with E-state index in [2.05, 4.69) is 58.4 Å². The molecule has 4 aliphatic carbocycles. The van der Waals surface area contributed by atoms with E-state index in [0.717, 1.165) is 39.6 Å². The first-order valence-electron chi connectivity index (χ1n) is 9.33. The molecule has 0 saturated heterocycles. The second-order valence-electron chi connectivity index (χ2n) is 8.39. The number of hydrogen-bond donors (Lipinski definition) is 0. The van der Waals surface area contributed by atoms with E-state index in [9.17, 15) is 0 Å². The van der Waals surface area contributed by atoms with Gasteiger partial charge < -0.3 is 4.74 Å². The number of benzene rings is 2. The third-order valence-electron chi connectivity index (χ3n) is 7.38. The predicted octanol–water partition coefficient (Wildman–Crippen LogP) is 6.30. The first-order chi connectivity index (χ1) is 11.8. The molecule has 122 valence electrons. The third kappa shape index (κ3) is 1.57. The fourth-order valence-electron chi connectivity index (χ4n) is 6.90. The highest BCUT2D eigenvalue weighted by atomic mass is 79.9. The van der Waals surface area contributed by atoms with E-state index in [1.54, 1.807) is 0 Å². The van der Waals surface area contributed by atoms with E-state index in [4.69, 9.17) is 4.74 Å². The van der Waals surface area contributed by atoms with Crippen LogP contribution in [-0.2, 0) is 5.41 Å². The minimum Gasteiger partial charge on any atom is -0.456 e. The molecule has 2 heteroatoms. The van der Waals surface area contributed by atoms with Gasteiger partial charge in [-0.15, -0.1) is 0 Å². The molecule has 0 atom stereocenters. The molecule has 1 spiro atoms. The lowest BCUT2D eigenvalue weighted by molar-refractivity contribution is -0.0452. The van der Waals surface area contributed by atoms with Gasteiger partial charge in [0.1, 0.15) is 11.5 Å². The lowest BCUT2D eigenvalue weighted by Gasteiger charge is -2.63. The van der Waals surface area contributed by atoms with E-state index in [0.29, 0.717) is 0 Å². The Morgan fingerprint density at radius 2 is 1.46 bits per heavy atom. The summed E-state index contributed by atoms with van der Waals surface area (Å²) in [6.07, 6.45) is 7.13. The Morgan fingerprint density at radius 3 is 2.21 bits per heavy atom. The molecule has 4 bridgehead atoms. The number of ether oxygens (including phenoxy) is 1. The molecule has 24 heavy (non-hydrogen) atoms. The van der Waals surface area contributed by atoms with Gasteiger partial charge in [0.2, 0.25) is 0 Å². The van der Waals surface area contributed by atoms with Crippen LogP contribution in [0.1, 0.15) is 43.2 Å². The Hall–Kier alpha value is -1.28. The van der Waals surface area contributed by atoms with Crippen molar-refractivity contribution in [1.29, 1.82) is 0 Å². The van der Waals surface area contributed by atoms with Gasteiger partial charge in [0.05, 0.1) is 4.47 Å². The van der Waals surface area contributed by atoms with Crippen LogP contribution in [-0.4, -0.2) is 0 Å². The van der Waals surface area contributed by atoms with Gasteiger partial charge in [0, 0.05) is 16.5 Å². The Kier molecular flexibility index (Phi) is 2.71. The van der Waals surface area contributed by atoms with Crippen molar-refractivity contribution < 1.29 is 4.74 Å². The minimum absolute atomic E-state index is 0.182. The summed E-state index contributed by atoms with van der Waals surface area (Å²) in [4.78, 5) is 0. The standard InChI is InChI=1S/C22H21BrO/c23-19-6-3-5-18-21(19)24-20-7-2-1-4-17(20)22(18)15-9-13-8-14(11-15)12-16(22)10-13/h1-7,13-16H,8-12H2. The van der Waals surface area contributed by atoms with Gasteiger partial charge in [-0.2, -0.15) is 0 Å². The molecule has 1 nitrogen and oxygen atoms in total. The summed E-state index contributed by atoms with van der Waals surface area (Å²) < 4.78 is 7.49. The Balaban J connectivity index is 1.68. The molecule has 0 radical (unpaired) electrons. The van der Waals surface area contributed by atoms with E-state index < -0.39 is 0 Å². The first-order valence-corrected chi connectivity index (χ1v) is 10.1. The van der Waals surface area contributed by atoms with Gasteiger partial charge in [-0.05, 0) is 83.8 Å². The molecule has 1 heterocycles. The molecule has 2 aromatic carbocycles. The van der Waals surface area contributed by atoms with Crippen molar-refractivity contribution >= 4 is 15.9 Å². The van der Waals surface area contributed by atoms with Crippen LogP contribution in [0.2, 0.25) is 0 Å². The molecule has 2 aromatic rings. The molecule has 0 amide bonds. The quantitative estimate of drug-likeness (QED) is 0.521. The van der Waals surface area contributed by atoms with Crippen molar-refractivity contribution in [3.05, 3.63) is 58.1 Å². The van der Waals surface area contributed by atoms with Gasteiger partial charge in [0.15, 0.2) is 0 Å². The van der Waals surface area contributed by atoms with Gasteiger partial charge in [0.25, 0.3) is 0 Å². The van der Waals surface area contributed by atoms with Crippen molar-refractivity contribution in [2.24, 2.45) is 23.7 Å². The van der Waals surface area contributed by atoms with E-state index in [-0.39, 0.29) is 5.41 Å². The summed E-state index contributed by atoms with van der Waals surface area (Å²) in [6.45, 7) is 0. The Bertz CT molecular complexity index is 812. The Labute approximate surface area is 151 Å². The zero-order valence-electron chi connectivity index (χ0n) is 13.7. The zero-order valence-corrected chi connectivity index (χ0v) is 15.3. The smallest absolute Gasteiger partial charge is 0.145 e. The maximum absolute atomic E-state index is 6.39. The number of hydrogen-bond acceptors (Lipinski definition) is 1. The molecule has 7 rings (SSSR count). The maximum atomic E-state index is 6.39. The summed E-state index contributed by atoms with van der Waals surface area (Å²) in [5.74, 6) is 5.68. The summed E-state index contributed by atoms with van der Waals surface area (Å²) in [5.41, 5.74) is 3.09. The lowest BCUT2D eigenvalue weighted by atomic mass is 9.42. The summed E-state index contributed by atoms with van der Waals surface area (Å²) in [7, 11) is 0. The average Bonchev–Trinajstić information content (AvgIpc) is 2.58. The molecule has 0 N–H and O–H groups in total. The van der Waals surface area contributed by atoms with Gasteiger partial charge >= 0.3 is 0 Å². The molecule has 5 aliphatic rings. The van der Waals surface area contributed by atoms with Crippen LogP contribution >= 0.6 is 15.9 Å². The molecule has 4 saturated carbocycles. The number of rotatable bonds is 0. The second kappa shape index (κ2) is 4.66. The summed E-state index contributed by atoms with van der Waals surface area (Å²) >= 11 is 3.76. The SMILES string of the molecule is Brc1cccc2c1Oc1ccccc1C21C2CC3CC(C2)CC1C3. The van der Waals surface area contributed by atoms with Gasteiger partial charge in [-0.3, -0.25) is 0 Å². The highest BCUT2D eigenvalue weighted by Crippen LogP contribution is 2.69. The summed E-state index contributed by atoms with van der Waals surface area (Å²) in [5, 5.41) is 0. The van der Waals surface area contributed by atoms with Gasteiger partial charge in [-0.1, -0.05) is 30.3 Å². The van der Waals surface area contributed by atoms with Crippen LogP contribution in [0.3, 0.4) is 0 Å². The average molecular weight is 381 g/mol. The number of halogens is 1. The number of para-hydroxylation sites is 2. The van der Waals surface area contributed by atoms with Gasteiger partial charge in [-0.25, -0.2) is 0 Å². The summed E-state index contributed by atoms with van der Waals surface area (Å²) in [6, 6.07) is 15.5. The lowest BCUT2D eigenvalue weighted by Crippen LogP contribution is -2.57. The molecule has 4 fully saturated rings. The Morgan fingerprint density at radius 1 is 0.792 bits per heavy atom. The van der Waals surface area contributed by atoms with Crippen molar-refractivity contribution in [1.82, 2.24) is 0 Å². The predicted molar refractivity (Wildman–Crippen MR) is 98.5 cm³/mol. The highest BCUT2D eigenvalue weighted by molar-refractivity contribution is 9.10. The van der Waals surface area contributed by atoms with Crippen LogP contribution in [0.5, 0.6) is 11.5 Å². The van der Waals surface area contributed by atoms with E-state index >= 15 is 0 Å². The molecular weight excluding hydrogens is 360 g/mol. The maximum Gasteiger partial charge on any atom is 0.145 e. The van der Waals surface area contributed by atoms with Crippen molar-refractivity contribution in [3.8, 4) is 11.5 Å². The van der Waals surface area contributed by atoms with E-state index in [1.165, 1.54) is 43.2 Å². The van der Waals surface area contributed by atoms with Crippen molar-refractivity contribution in [2.45, 2.75) is 37.5 Å². The fourth-order valence-corrected chi connectivity index (χ4v) is 7.35. The van der Waals surface area contributed by atoms with Crippen molar-refractivity contribution in [2.75, 3.05) is 0 Å². The van der Waals surface area contributed by atoms with Crippen LogP contribution in [0, 0.1) is 23.7 Å². The first kappa shape index (κ1) is 13.9. The third-order valence-corrected chi connectivity index (χ3v) is 8.01. The normalized spacial score (nSPS) is 37.9.